The zero-order valence-corrected chi connectivity index (χ0v) is 10.4. The smallest absolute Gasteiger partial charge is 0.251 e. The van der Waals surface area contributed by atoms with E-state index in [1.165, 1.54) is 19.3 Å². The maximum atomic E-state index is 11.8. The van der Waals surface area contributed by atoms with Crippen molar-refractivity contribution in [3.05, 3.63) is 29.8 Å². The van der Waals surface area contributed by atoms with Gasteiger partial charge in [-0.15, -0.1) is 12.6 Å². The third kappa shape index (κ3) is 2.59. The summed E-state index contributed by atoms with van der Waals surface area (Å²) < 4.78 is 0. The highest BCUT2D eigenvalue weighted by molar-refractivity contribution is 7.80. The van der Waals surface area contributed by atoms with Crippen LogP contribution in [0.15, 0.2) is 29.2 Å². The highest BCUT2D eigenvalue weighted by atomic mass is 32.1. The SMILES string of the molecule is CC1(CNC(=O)c2cccc(S)c2)CCC1. The Balaban J connectivity index is 1.93. The van der Waals surface area contributed by atoms with Crippen LogP contribution in [0.4, 0.5) is 0 Å². The van der Waals surface area contributed by atoms with E-state index in [1.807, 2.05) is 18.2 Å². The maximum absolute atomic E-state index is 11.8. The molecule has 1 aromatic carbocycles. The van der Waals surface area contributed by atoms with E-state index in [0.717, 1.165) is 11.4 Å². The highest BCUT2D eigenvalue weighted by Crippen LogP contribution is 2.39. The Hall–Kier alpha value is -0.960. The lowest BCUT2D eigenvalue weighted by Gasteiger charge is -2.38. The van der Waals surface area contributed by atoms with E-state index in [0.29, 0.717) is 11.0 Å². The lowest BCUT2D eigenvalue weighted by molar-refractivity contribution is 0.0890. The molecule has 1 aromatic rings. The summed E-state index contributed by atoms with van der Waals surface area (Å²) in [4.78, 5) is 12.7. The van der Waals surface area contributed by atoms with Gasteiger partial charge >= 0.3 is 0 Å². The summed E-state index contributed by atoms with van der Waals surface area (Å²) in [5, 5.41) is 3.00. The van der Waals surface area contributed by atoms with Crippen molar-refractivity contribution in [2.45, 2.75) is 31.1 Å². The van der Waals surface area contributed by atoms with Gasteiger partial charge in [-0.1, -0.05) is 19.4 Å². The van der Waals surface area contributed by atoms with Gasteiger partial charge in [-0.2, -0.15) is 0 Å². The molecular weight excluding hydrogens is 218 g/mol. The normalized spacial score (nSPS) is 17.6. The Morgan fingerprint density at radius 3 is 2.81 bits per heavy atom. The number of amides is 1. The van der Waals surface area contributed by atoms with Crippen molar-refractivity contribution in [3.63, 3.8) is 0 Å². The Morgan fingerprint density at radius 2 is 2.25 bits per heavy atom. The van der Waals surface area contributed by atoms with E-state index in [-0.39, 0.29) is 5.91 Å². The van der Waals surface area contributed by atoms with Crippen LogP contribution in [0.25, 0.3) is 0 Å². The van der Waals surface area contributed by atoms with Crippen LogP contribution < -0.4 is 5.32 Å². The van der Waals surface area contributed by atoms with E-state index in [2.05, 4.69) is 24.9 Å². The molecule has 1 N–H and O–H groups in total. The monoisotopic (exact) mass is 235 g/mol. The first-order valence-corrected chi connectivity index (χ1v) is 6.11. The Kier molecular flexibility index (Phi) is 3.24. The summed E-state index contributed by atoms with van der Waals surface area (Å²) in [5.74, 6) is 0.00373. The van der Waals surface area contributed by atoms with Crippen LogP contribution in [0.2, 0.25) is 0 Å². The van der Waals surface area contributed by atoms with Crippen molar-refractivity contribution >= 4 is 18.5 Å². The predicted octanol–water partition coefficient (Wildman–Crippen LogP) is 2.90. The van der Waals surface area contributed by atoms with Gasteiger partial charge in [0.15, 0.2) is 0 Å². The summed E-state index contributed by atoms with van der Waals surface area (Å²) in [7, 11) is 0. The summed E-state index contributed by atoms with van der Waals surface area (Å²) in [5.41, 5.74) is 1.02. The Morgan fingerprint density at radius 1 is 1.50 bits per heavy atom. The molecule has 0 spiro atoms. The predicted molar refractivity (Wildman–Crippen MR) is 68.0 cm³/mol. The fourth-order valence-corrected chi connectivity index (χ4v) is 2.23. The first kappa shape index (κ1) is 11.5. The number of carbonyl (C=O) groups is 1. The number of carbonyl (C=O) groups excluding carboxylic acids is 1. The Bertz CT molecular complexity index is 399. The van der Waals surface area contributed by atoms with Crippen molar-refractivity contribution in [2.24, 2.45) is 5.41 Å². The van der Waals surface area contributed by atoms with Crippen LogP contribution >= 0.6 is 12.6 Å². The van der Waals surface area contributed by atoms with Gasteiger partial charge in [-0.25, -0.2) is 0 Å². The number of benzene rings is 1. The van der Waals surface area contributed by atoms with Crippen molar-refractivity contribution in [3.8, 4) is 0 Å². The van der Waals surface area contributed by atoms with Gasteiger partial charge in [-0.05, 0) is 36.5 Å². The van der Waals surface area contributed by atoms with Crippen LogP contribution in [0.5, 0.6) is 0 Å². The van der Waals surface area contributed by atoms with E-state index in [4.69, 9.17) is 0 Å². The largest absolute Gasteiger partial charge is 0.351 e. The maximum Gasteiger partial charge on any atom is 0.251 e. The number of thiol groups is 1. The zero-order chi connectivity index (χ0) is 11.6. The molecule has 0 atom stereocenters. The standard InChI is InChI=1S/C13H17NOS/c1-13(6-3-7-13)9-14-12(15)10-4-2-5-11(16)8-10/h2,4-5,8,16H,3,6-7,9H2,1H3,(H,14,15). The minimum absolute atomic E-state index is 0.00373. The molecule has 0 aromatic heterocycles. The molecule has 1 aliphatic rings. The summed E-state index contributed by atoms with van der Waals surface area (Å²) in [6.45, 7) is 3.01. The van der Waals surface area contributed by atoms with Crippen LogP contribution in [-0.4, -0.2) is 12.5 Å². The second-order valence-corrected chi connectivity index (χ2v) is 5.41. The molecule has 0 aliphatic heterocycles. The van der Waals surface area contributed by atoms with Crippen molar-refractivity contribution < 1.29 is 4.79 Å². The van der Waals surface area contributed by atoms with Crippen LogP contribution in [0, 0.1) is 5.41 Å². The van der Waals surface area contributed by atoms with Gasteiger partial charge in [0, 0.05) is 17.0 Å². The highest BCUT2D eigenvalue weighted by Gasteiger charge is 2.31. The lowest BCUT2D eigenvalue weighted by Crippen LogP contribution is -2.39. The quantitative estimate of drug-likeness (QED) is 0.775. The van der Waals surface area contributed by atoms with Crippen LogP contribution in [0.3, 0.4) is 0 Å². The molecule has 0 radical (unpaired) electrons. The van der Waals surface area contributed by atoms with Crippen LogP contribution in [0.1, 0.15) is 36.5 Å². The third-order valence-electron chi connectivity index (χ3n) is 3.34. The number of nitrogens with one attached hydrogen (secondary N) is 1. The first-order chi connectivity index (χ1) is 7.59. The molecule has 16 heavy (non-hydrogen) atoms. The molecule has 0 saturated heterocycles. The first-order valence-electron chi connectivity index (χ1n) is 5.66. The number of hydrogen-bond acceptors (Lipinski definition) is 2. The van der Waals surface area contributed by atoms with Gasteiger partial charge in [0.1, 0.15) is 0 Å². The van der Waals surface area contributed by atoms with E-state index in [1.54, 1.807) is 6.07 Å². The molecule has 1 aliphatic carbocycles. The summed E-state index contributed by atoms with van der Waals surface area (Å²) >= 11 is 4.22. The molecule has 3 heteroatoms. The fourth-order valence-electron chi connectivity index (χ4n) is 2.00. The van der Waals surface area contributed by atoms with Crippen molar-refractivity contribution in [2.75, 3.05) is 6.54 Å². The molecule has 86 valence electrons. The van der Waals surface area contributed by atoms with Gasteiger partial charge in [0.25, 0.3) is 5.91 Å². The molecule has 0 bridgehead atoms. The summed E-state index contributed by atoms with van der Waals surface area (Å²) in [6, 6.07) is 7.33. The number of hydrogen-bond donors (Lipinski definition) is 2. The lowest BCUT2D eigenvalue weighted by atomic mass is 9.70. The topological polar surface area (TPSA) is 29.1 Å². The molecule has 0 unspecified atom stereocenters. The van der Waals surface area contributed by atoms with Crippen LogP contribution in [-0.2, 0) is 0 Å². The zero-order valence-electron chi connectivity index (χ0n) is 9.49. The molecule has 2 rings (SSSR count). The van der Waals surface area contributed by atoms with Crippen molar-refractivity contribution in [1.82, 2.24) is 5.32 Å². The minimum atomic E-state index is 0.00373. The second-order valence-electron chi connectivity index (χ2n) is 4.90. The molecule has 1 amide bonds. The van der Waals surface area contributed by atoms with Gasteiger partial charge < -0.3 is 5.32 Å². The molecule has 1 saturated carbocycles. The minimum Gasteiger partial charge on any atom is -0.351 e. The molecule has 0 heterocycles. The molecule has 2 nitrogen and oxygen atoms in total. The second kappa shape index (κ2) is 4.50. The fraction of sp³-hybridized carbons (Fsp3) is 0.462. The van der Waals surface area contributed by atoms with Gasteiger partial charge in [0.2, 0.25) is 0 Å². The van der Waals surface area contributed by atoms with E-state index >= 15 is 0 Å². The van der Waals surface area contributed by atoms with E-state index < -0.39 is 0 Å². The van der Waals surface area contributed by atoms with Gasteiger partial charge in [0.05, 0.1) is 0 Å². The average molecular weight is 235 g/mol. The Labute approximate surface area is 102 Å². The van der Waals surface area contributed by atoms with Crippen molar-refractivity contribution in [1.29, 1.82) is 0 Å². The molecular formula is C13H17NOS. The van der Waals surface area contributed by atoms with Gasteiger partial charge in [-0.3, -0.25) is 4.79 Å². The summed E-state index contributed by atoms with van der Waals surface area (Å²) in [6.07, 6.45) is 3.73. The average Bonchev–Trinajstić information content (AvgIpc) is 2.23. The number of rotatable bonds is 3. The molecule has 1 fully saturated rings. The third-order valence-corrected chi connectivity index (χ3v) is 3.62. The van der Waals surface area contributed by atoms with E-state index in [9.17, 15) is 4.79 Å².